The van der Waals surface area contributed by atoms with Crippen LogP contribution in [-0.4, -0.2) is 44.9 Å². The van der Waals surface area contributed by atoms with Crippen LogP contribution >= 0.6 is 11.3 Å². The summed E-state index contributed by atoms with van der Waals surface area (Å²) in [7, 11) is 0. The van der Waals surface area contributed by atoms with Gasteiger partial charge in [-0.05, 0) is 61.9 Å². The topological polar surface area (TPSA) is 71.0 Å². The summed E-state index contributed by atoms with van der Waals surface area (Å²) in [6.07, 6.45) is 7.64. The molecule has 3 heterocycles. The van der Waals surface area contributed by atoms with Crippen LogP contribution in [0, 0.1) is 18.7 Å². The van der Waals surface area contributed by atoms with Crippen molar-refractivity contribution in [1.29, 1.82) is 0 Å². The Morgan fingerprint density at radius 1 is 1.21 bits per heavy atom. The Hall–Kier alpha value is -2.87. The molecule has 0 spiro atoms. The van der Waals surface area contributed by atoms with Gasteiger partial charge in [0, 0.05) is 31.0 Å². The first-order valence-electron chi connectivity index (χ1n) is 11.6. The molecule has 1 aromatic carbocycles. The fraction of sp³-hybridized carbons (Fsp3) is 0.440. The van der Waals surface area contributed by atoms with Crippen LogP contribution in [0.1, 0.15) is 53.4 Å². The molecule has 1 aliphatic rings. The molecular formula is C25H30FN5OS. The van der Waals surface area contributed by atoms with E-state index in [1.54, 1.807) is 12.1 Å². The number of piperidine rings is 1. The minimum absolute atomic E-state index is 0.00729. The van der Waals surface area contributed by atoms with Gasteiger partial charge in [0.15, 0.2) is 0 Å². The van der Waals surface area contributed by atoms with Gasteiger partial charge in [-0.3, -0.25) is 4.79 Å². The number of hydrogen-bond donors (Lipinski definition) is 1. The molecular weight excluding hydrogens is 437 g/mol. The Morgan fingerprint density at radius 2 is 1.94 bits per heavy atom. The zero-order chi connectivity index (χ0) is 23.4. The molecule has 2 aromatic heterocycles. The number of benzene rings is 1. The summed E-state index contributed by atoms with van der Waals surface area (Å²) in [5.41, 5.74) is 2.48. The zero-order valence-electron chi connectivity index (χ0n) is 19.3. The van der Waals surface area contributed by atoms with Crippen LogP contribution < -0.4 is 5.32 Å². The van der Waals surface area contributed by atoms with E-state index in [-0.39, 0.29) is 17.8 Å². The number of anilines is 1. The summed E-state index contributed by atoms with van der Waals surface area (Å²) in [5, 5.41) is 4.17. The number of nitrogens with zero attached hydrogens (tertiary/aromatic N) is 4. The first-order valence-corrected chi connectivity index (χ1v) is 12.4. The molecule has 6 nitrogen and oxygen atoms in total. The Bertz CT molecular complexity index is 1080. The minimum atomic E-state index is -0.305. The molecule has 0 bridgehead atoms. The summed E-state index contributed by atoms with van der Waals surface area (Å²) in [4.78, 5) is 29.8. The van der Waals surface area contributed by atoms with E-state index in [9.17, 15) is 9.18 Å². The van der Waals surface area contributed by atoms with Gasteiger partial charge in [-0.2, -0.15) is 0 Å². The molecule has 1 aliphatic heterocycles. The molecule has 174 valence electrons. The molecule has 0 radical (unpaired) electrons. The number of carbonyl (C=O) groups excluding carboxylic acids is 1. The lowest BCUT2D eigenvalue weighted by molar-refractivity contribution is 0.0519. The van der Waals surface area contributed by atoms with Gasteiger partial charge in [-0.15, -0.1) is 11.3 Å². The van der Waals surface area contributed by atoms with Crippen molar-refractivity contribution in [2.24, 2.45) is 5.92 Å². The maximum atomic E-state index is 13.8. The van der Waals surface area contributed by atoms with E-state index >= 15 is 0 Å². The van der Waals surface area contributed by atoms with Crippen molar-refractivity contribution >= 4 is 23.2 Å². The summed E-state index contributed by atoms with van der Waals surface area (Å²) in [6.45, 7) is 7.45. The smallest absolute Gasteiger partial charge is 0.266 e. The van der Waals surface area contributed by atoms with E-state index < -0.39 is 0 Å². The van der Waals surface area contributed by atoms with Gasteiger partial charge in [0.05, 0.1) is 16.7 Å². The highest BCUT2D eigenvalue weighted by Crippen LogP contribution is 2.33. The van der Waals surface area contributed by atoms with Gasteiger partial charge in [-0.25, -0.2) is 19.3 Å². The van der Waals surface area contributed by atoms with Crippen LogP contribution in [0.2, 0.25) is 0 Å². The van der Waals surface area contributed by atoms with Crippen molar-refractivity contribution in [1.82, 2.24) is 19.9 Å². The molecule has 33 heavy (non-hydrogen) atoms. The molecule has 0 aliphatic carbocycles. The van der Waals surface area contributed by atoms with Crippen LogP contribution in [0.5, 0.6) is 0 Å². The Kier molecular flexibility index (Phi) is 7.33. The van der Waals surface area contributed by atoms with E-state index in [1.165, 1.54) is 23.5 Å². The number of aryl methyl sites for hydroxylation is 2. The Morgan fingerprint density at radius 3 is 2.61 bits per heavy atom. The van der Waals surface area contributed by atoms with E-state index in [1.807, 2.05) is 24.2 Å². The number of aromatic nitrogens is 3. The highest BCUT2D eigenvalue weighted by molar-refractivity contribution is 7.14. The van der Waals surface area contributed by atoms with E-state index in [2.05, 4.69) is 34.1 Å². The molecule has 1 saturated heterocycles. The van der Waals surface area contributed by atoms with E-state index in [4.69, 9.17) is 0 Å². The lowest BCUT2D eigenvalue weighted by atomic mass is 9.86. The third-order valence-corrected chi connectivity index (χ3v) is 7.29. The highest BCUT2D eigenvalue weighted by atomic mass is 32.1. The molecule has 1 fully saturated rings. The maximum absolute atomic E-state index is 13.8. The fourth-order valence-corrected chi connectivity index (χ4v) is 5.37. The van der Waals surface area contributed by atoms with Gasteiger partial charge in [0.1, 0.15) is 10.7 Å². The van der Waals surface area contributed by atoms with Gasteiger partial charge < -0.3 is 10.2 Å². The molecule has 0 unspecified atom stereocenters. The van der Waals surface area contributed by atoms with Crippen LogP contribution in [0.4, 0.5) is 10.3 Å². The number of hydrogen-bond acceptors (Lipinski definition) is 6. The predicted octanol–water partition coefficient (Wildman–Crippen LogP) is 5.35. The predicted molar refractivity (Wildman–Crippen MR) is 130 cm³/mol. The standard InChI is InChI=1S/C25H30FN5OS/c1-4-17-13-27-25(28-14-17)29-15-21-18(5-2)7-6-12-31(21)24(32)23-22(30-16(3)33-23)19-8-10-20(26)11-9-19/h8-11,13-14,18,21H,4-7,12,15H2,1-3H3,(H,27,28,29)/t18-,21-/m1/s1. The van der Waals surface area contributed by atoms with Gasteiger partial charge in [0.2, 0.25) is 5.95 Å². The van der Waals surface area contributed by atoms with Crippen molar-refractivity contribution in [3.8, 4) is 11.3 Å². The van der Waals surface area contributed by atoms with Crippen molar-refractivity contribution in [2.75, 3.05) is 18.4 Å². The van der Waals surface area contributed by atoms with Crippen molar-refractivity contribution in [3.63, 3.8) is 0 Å². The molecule has 4 rings (SSSR count). The number of thiazole rings is 1. The first kappa shape index (κ1) is 23.3. The van der Waals surface area contributed by atoms with Crippen LogP contribution in [0.25, 0.3) is 11.3 Å². The summed E-state index contributed by atoms with van der Waals surface area (Å²) >= 11 is 1.40. The lowest BCUT2D eigenvalue weighted by Crippen LogP contribution is -2.51. The zero-order valence-corrected chi connectivity index (χ0v) is 20.2. The van der Waals surface area contributed by atoms with Crippen LogP contribution in [-0.2, 0) is 6.42 Å². The monoisotopic (exact) mass is 467 g/mol. The molecule has 0 saturated carbocycles. The van der Waals surface area contributed by atoms with E-state index in [0.29, 0.717) is 35.5 Å². The van der Waals surface area contributed by atoms with E-state index in [0.717, 1.165) is 41.8 Å². The molecule has 1 N–H and O–H groups in total. The lowest BCUT2D eigenvalue weighted by Gasteiger charge is -2.41. The maximum Gasteiger partial charge on any atom is 0.266 e. The third-order valence-electron chi connectivity index (χ3n) is 6.33. The normalized spacial score (nSPS) is 18.4. The largest absolute Gasteiger partial charge is 0.352 e. The molecule has 8 heteroatoms. The summed E-state index contributed by atoms with van der Waals surface area (Å²) < 4.78 is 13.4. The van der Waals surface area contributed by atoms with Crippen LogP contribution in [0.3, 0.4) is 0 Å². The number of likely N-dealkylation sites (tertiary alicyclic amines) is 1. The summed E-state index contributed by atoms with van der Waals surface area (Å²) in [6, 6.07) is 6.21. The second kappa shape index (κ2) is 10.4. The second-order valence-corrected chi connectivity index (χ2v) is 9.65. The quantitative estimate of drug-likeness (QED) is 0.507. The van der Waals surface area contributed by atoms with Gasteiger partial charge >= 0.3 is 0 Å². The Labute approximate surface area is 198 Å². The summed E-state index contributed by atoms with van der Waals surface area (Å²) in [5.74, 6) is 0.668. The number of nitrogens with one attached hydrogen (secondary N) is 1. The molecule has 1 amide bonds. The van der Waals surface area contributed by atoms with Crippen molar-refractivity contribution in [2.45, 2.75) is 52.5 Å². The SMILES string of the molecule is CCc1cnc(NC[C@@H]2[C@H](CC)CCCN2C(=O)c2sc(C)nc2-c2ccc(F)cc2)nc1. The number of rotatable bonds is 7. The average Bonchev–Trinajstić information content (AvgIpc) is 3.24. The third kappa shape index (κ3) is 5.21. The van der Waals surface area contributed by atoms with Gasteiger partial charge in [-0.1, -0.05) is 20.3 Å². The average molecular weight is 468 g/mol. The second-order valence-electron chi connectivity index (χ2n) is 8.44. The first-order chi connectivity index (χ1) is 16.0. The van der Waals surface area contributed by atoms with Crippen molar-refractivity contribution in [3.05, 3.63) is 57.9 Å². The number of carbonyl (C=O) groups is 1. The van der Waals surface area contributed by atoms with Crippen LogP contribution in [0.15, 0.2) is 36.7 Å². The van der Waals surface area contributed by atoms with Crippen molar-refractivity contribution < 1.29 is 9.18 Å². The fourth-order valence-electron chi connectivity index (χ4n) is 4.47. The number of amides is 1. The molecule has 2 atom stereocenters. The molecule has 3 aromatic rings. The highest BCUT2D eigenvalue weighted by Gasteiger charge is 2.35. The van der Waals surface area contributed by atoms with Gasteiger partial charge in [0.25, 0.3) is 5.91 Å². The Balaban J connectivity index is 1.58. The number of halogens is 1. The minimum Gasteiger partial charge on any atom is -0.352 e.